The summed E-state index contributed by atoms with van der Waals surface area (Å²) in [5.41, 5.74) is 0. The van der Waals surface area contributed by atoms with Gasteiger partial charge < -0.3 is 0 Å². The van der Waals surface area contributed by atoms with Gasteiger partial charge in [-0.1, -0.05) is 530 Å². The summed E-state index contributed by atoms with van der Waals surface area (Å²) in [5, 5.41) is 0. The minimum Gasteiger partial charge on any atom is -0.0683 e. The molecule has 0 unspecified atom stereocenters. The zero-order valence-electron chi connectivity index (χ0n) is 58.6. The Morgan fingerprint density at radius 2 is 0.0595 bits per heavy atom. The molecule has 0 nitrogen and oxygen atoms in total. The Morgan fingerprint density at radius 3 is 0.0714 bits per heavy atom. The summed E-state index contributed by atoms with van der Waals surface area (Å²) in [6.45, 7) is 48.0. The largest absolute Gasteiger partial charge is 0.0683 e. The molecular formula is C84H132. The summed E-state index contributed by atoms with van der Waals surface area (Å²) in [7, 11) is 0. The van der Waals surface area contributed by atoms with Gasteiger partial charge in [0.2, 0.25) is 0 Å². The van der Waals surface area contributed by atoms with E-state index in [0.717, 1.165) is 0 Å². The molecule has 0 heteroatoms. The molecule has 84 heavy (non-hydrogen) atoms. The van der Waals surface area contributed by atoms with Gasteiger partial charge in [-0.3, -0.25) is 0 Å². The summed E-state index contributed by atoms with van der Waals surface area (Å²) in [6, 6.07) is 120. The SMILES string of the molecule is CC.CC.CC.CC.CC.CC.CC.CC.CC.CC.CC.CC.c1ccccc1.c1ccccc1.c1ccccc1.c1ccccc1.c1ccccc1.c1ccccc1.c1ccccc1.c1ccccc1.c1ccccc1.c1ccccc1. The topological polar surface area (TPSA) is 0 Å². The predicted octanol–water partition coefficient (Wildman–Crippen LogP) is 29.2. The maximum absolute atomic E-state index is 2.00. The van der Waals surface area contributed by atoms with E-state index in [9.17, 15) is 0 Å². The molecule has 0 atom stereocenters. The number of benzene rings is 10. The number of rotatable bonds is 0. The van der Waals surface area contributed by atoms with E-state index in [2.05, 4.69) is 0 Å². The van der Waals surface area contributed by atoms with Crippen LogP contribution in [-0.4, -0.2) is 0 Å². The molecule has 0 heterocycles. The molecule has 0 amide bonds. The highest BCUT2D eigenvalue weighted by Gasteiger charge is 1.63. The van der Waals surface area contributed by atoms with Crippen LogP contribution in [0.15, 0.2) is 364 Å². The predicted molar refractivity (Wildman–Crippen MR) is 401 cm³/mol. The van der Waals surface area contributed by atoms with E-state index >= 15 is 0 Å². The Kier molecular flexibility index (Phi) is 189. The fourth-order valence-corrected chi connectivity index (χ4v) is 3.85. The smallest absolute Gasteiger partial charge is 0.0623 e. The zero-order chi connectivity index (χ0) is 66.4. The average molecular weight is 1140 g/mol. The van der Waals surface area contributed by atoms with Crippen molar-refractivity contribution < 1.29 is 0 Å². The first kappa shape index (κ1) is 105. The van der Waals surface area contributed by atoms with Crippen molar-refractivity contribution in [2.75, 3.05) is 0 Å². The second kappa shape index (κ2) is 152. The molecule has 0 N–H and O–H groups in total. The molecule has 10 aromatic carbocycles. The van der Waals surface area contributed by atoms with Crippen molar-refractivity contribution in [3.63, 3.8) is 0 Å². The number of hydrogen-bond donors (Lipinski definition) is 0. The van der Waals surface area contributed by atoms with Gasteiger partial charge in [0.25, 0.3) is 0 Å². The van der Waals surface area contributed by atoms with Crippen LogP contribution in [0.25, 0.3) is 0 Å². The van der Waals surface area contributed by atoms with E-state index in [4.69, 9.17) is 0 Å². The number of hydrogen-bond acceptors (Lipinski definition) is 0. The lowest BCUT2D eigenvalue weighted by atomic mass is 10.4. The van der Waals surface area contributed by atoms with Gasteiger partial charge in [0, 0.05) is 0 Å². The first-order valence-electron chi connectivity index (χ1n) is 32.0. The third-order valence-corrected chi connectivity index (χ3v) is 6.67. The van der Waals surface area contributed by atoms with E-state index in [0.29, 0.717) is 0 Å². The van der Waals surface area contributed by atoms with Crippen LogP contribution in [0.3, 0.4) is 0 Å². The van der Waals surface area contributed by atoms with Crippen molar-refractivity contribution >= 4 is 0 Å². The van der Waals surface area contributed by atoms with Crippen LogP contribution >= 0.6 is 0 Å². The van der Waals surface area contributed by atoms with E-state index < -0.39 is 0 Å². The summed E-state index contributed by atoms with van der Waals surface area (Å²) < 4.78 is 0. The van der Waals surface area contributed by atoms with Gasteiger partial charge >= 0.3 is 0 Å². The fraction of sp³-hybridized carbons (Fsp3) is 0.286. The van der Waals surface area contributed by atoms with Gasteiger partial charge in [-0.2, -0.15) is 0 Å². The summed E-state index contributed by atoms with van der Waals surface area (Å²) in [4.78, 5) is 0. The summed E-state index contributed by atoms with van der Waals surface area (Å²) in [5.74, 6) is 0. The molecule has 0 spiro atoms. The fourth-order valence-electron chi connectivity index (χ4n) is 3.85. The standard InChI is InChI=1S/10C6H6.12C2H6/c10*1-2-4-6-5-3-1;12*1-2/h10*1-6H;12*1-2H3. The quantitative estimate of drug-likeness (QED) is 0.142. The first-order valence-corrected chi connectivity index (χ1v) is 32.0. The molecule has 0 radical (unpaired) electrons. The maximum atomic E-state index is 2.00. The normalized spacial score (nSPS) is 6.57. The third-order valence-electron chi connectivity index (χ3n) is 6.67. The van der Waals surface area contributed by atoms with Gasteiger partial charge in [-0.15, -0.1) is 0 Å². The molecule has 0 aliphatic carbocycles. The van der Waals surface area contributed by atoms with Gasteiger partial charge in [0.15, 0.2) is 0 Å². The monoisotopic (exact) mass is 1140 g/mol. The Bertz CT molecular complexity index is 1240. The molecule has 10 aromatic rings. The van der Waals surface area contributed by atoms with Crippen molar-refractivity contribution in [2.45, 2.75) is 166 Å². The van der Waals surface area contributed by atoms with Crippen LogP contribution in [0.4, 0.5) is 0 Å². The van der Waals surface area contributed by atoms with E-state index in [1.165, 1.54) is 0 Å². The first-order chi connectivity index (χ1) is 42.0. The molecule has 0 saturated heterocycles. The second-order valence-corrected chi connectivity index (χ2v) is 11.5. The molecule has 0 aliphatic rings. The lowest BCUT2D eigenvalue weighted by Gasteiger charge is -1.69. The summed E-state index contributed by atoms with van der Waals surface area (Å²) in [6.07, 6.45) is 0. The van der Waals surface area contributed by atoms with Crippen molar-refractivity contribution in [3.8, 4) is 0 Å². The molecule has 10 rings (SSSR count). The minimum atomic E-state index is 2.00. The van der Waals surface area contributed by atoms with Crippen molar-refractivity contribution in [1.29, 1.82) is 0 Å². The van der Waals surface area contributed by atoms with Crippen LogP contribution in [0.2, 0.25) is 0 Å². The van der Waals surface area contributed by atoms with Crippen LogP contribution < -0.4 is 0 Å². The highest BCUT2D eigenvalue weighted by Crippen LogP contribution is 1.85. The molecule has 0 fully saturated rings. The molecule has 0 bridgehead atoms. The van der Waals surface area contributed by atoms with Gasteiger partial charge in [0.05, 0.1) is 0 Å². The van der Waals surface area contributed by atoms with E-state index in [1.54, 1.807) is 0 Å². The van der Waals surface area contributed by atoms with E-state index in [-0.39, 0.29) is 0 Å². The average Bonchev–Trinajstić information content (AvgIpc) is 3.68. The van der Waals surface area contributed by atoms with Crippen molar-refractivity contribution in [1.82, 2.24) is 0 Å². The summed E-state index contributed by atoms with van der Waals surface area (Å²) >= 11 is 0. The van der Waals surface area contributed by atoms with Gasteiger partial charge in [0.1, 0.15) is 0 Å². The van der Waals surface area contributed by atoms with Gasteiger partial charge in [-0.05, 0) is 0 Å². The lowest BCUT2D eigenvalue weighted by Crippen LogP contribution is -1.47. The van der Waals surface area contributed by atoms with Crippen LogP contribution in [0.5, 0.6) is 0 Å². The molecular weight excluding hydrogens is 1010 g/mol. The maximum Gasteiger partial charge on any atom is -0.0623 e. The van der Waals surface area contributed by atoms with Crippen molar-refractivity contribution in [3.05, 3.63) is 364 Å². The van der Waals surface area contributed by atoms with Crippen LogP contribution in [0.1, 0.15) is 166 Å². The van der Waals surface area contributed by atoms with E-state index in [1.807, 2.05) is 530 Å². The van der Waals surface area contributed by atoms with Crippen molar-refractivity contribution in [2.24, 2.45) is 0 Å². The highest BCUT2D eigenvalue weighted by atomic mass is 13.7. The molecule has 0 aliphatic heterocycles. The Morgan fingerprint density at radius 1 is 0.0476 bits per heavy atom. The molecule has 0 saturated carbocycles. The highest BCUT2D eigenvalue weighted by molar-refractivity contribution is 5.04. The van der Waals surface area contributed by atoms with Crippen LogP contribution in [-0.2, 0) is 0 Å². The molecule has 468 valence electrons. The zero-order valence-corrected chi connectivity index (χ0v) is 58.6. The lowest BCUT2D eigenvalue weighted by molar-refractivity contribution is 1.50. The molecule has 0 aromatic heterocycles. The third kappa shape index (κ3) is 146. The second-order valence-electron chi connectivity index (χ2n) is 11.5. The van der Waals surface area contributed by atoms with Crippen LogP contribution in [0, 0.1) is 0 Å². The van der Waals surface area contributed by atoms with Gasteiger partial charge in [-0.25, -0.2) is 0 Å². The Balaban J connectivity index is -0.0000000659. The Hall–Kier alpha value is -7.80. The Labute approximate surface area is 527 Å². The minimum absolute atomic E-state index is 2.00.